The molecule has 0 radical (unpaired) electrons. The average molecular weight is 477 g/mol. The predicted octanol–water partition coefficient (Wildman–Crippen LogP) is 4.85. The Bertz CT molecular complexity index is 1230. The number of nitrogens with one attached hydrogen (secondary N) is 1. The van der Waals surface area contributed by atoms with E-state index in [0.29, 0.717) is 24.5 Å². The Morgan fingerprint density at radius 2 is 1.80 bits per heavy atom. The van der Waals surface area contributed by atoms with E-state index in [1.54, 1.807) is 16.8 Å². The molecule has 1 aromatic heterocycles. The monoisotopic (exact) mass is 476 g/mol. The zero-order valence-corrected chi connectivity index (χ0v) is 19.8. The highest BCUT2D eigenvalue weighted by Gasteiger charge is 2.16. The first-order chi connectivity index (χ1) is 17.0. The van der Waals surface area contributed by atoms with Crippen LogP contribution in [0.3, 0.4) is 0 Å². The summed E-state index contributed by atoms with van der Waals surface area (Å²) in [6, 6.07) is 23.8. The van der Waals surface area contributed by atoms with Gasteiger partial charge in [0.05, 0.1) is 31.1 Å². The van der Waals surface area contributed by atoms with Crippen molar-refractivity contribution in [1.82, 2.24) is 14.8 Å². The maximum atomic E-state index is 13.9. The van der Waals surface area contributed by atoms with Crippen molar-refractivity contribution < 1.29 is 19.0 Å². The number of anilines is 1. The zero-order chi connectivity index (χ0) is 24.6. The Balaban J connectivity index is 1.45. The molecule has 7 nitrogen and oxygen atoms in total. The first-order valence-corrected chi connectivity index (χ1v) is 11.5. The average Bonchev–Trinajstić information content (AvgIpc) is 3.27. The minimum absolute atomic E-state index is 0.107. The van der Waals surface area contributed by atoms with Gasteiger partial charge in [-0.1, -0.05) is 48.5 Å². The molecule has 0 aliphatic rings. The third-order valence-electron chi connectivity index (χ3n) is 5.07. The van der Waals surface area contributed by atoms with Gasteiger partial charge in [0.25, 0.3) is 0 Å². The van der Waals surface area contributed by atoms with Crippen molar-refractivity contribution in [3.63, 3.8) is 0 Å². The summed E-state index contributed by atoms with van der Waals surface area (Å²) in [6.45, 7) is 4.76. The molecule has 1 heterocycles. The van der Waals surface area contributed by atoms with Crippen molar-refractivity contribution in [2.45, 2.75) is 32.7 Å². The second-order valence-corrected chi connectivity index (χ2v) is 8.39. The molecule has 0 aliphatic heterocycles. The number of hydrogen-bond acceptors (Lipinski definition) is 6. The van der Waals surface area contributed by atoms with Crippen LogP contribution in [0, 0.1) is 5.82 Å². The summed E-state index contributed by atoms with van der Waals surface area (Å²) < 4.78 is 26.8. The van der Waals surface area contributed by atoms with Crippen LogP contribution < -0.4 is 10.1 Å². The summed E-state index contributed by atoms with van der Waals surface area (Å²) in [4.78, 5) is 4.49. The lowest BCUT2D eigenvalue weighted by molar-refractivity contribution is 0.0348. The number of aliphatic hydroxyl groups is 1. The van der Waals surface area contributed by atoms with E-state index in [1.807, 2.05) is 68.4 Å². The SMILES string of the molecule is CC(C)Oc1nc(-c2cccc(F)c2)n(-c2cccc(NCC(O)COCc3ccccc3)c2)n1. The van der Waals surface area contributed by atoms with Gasteiger partial charge in [-0.3, -0.25) is 0 Å². The van der Waals surface area contributed by atoms with Crippen LogP contribution in [0.15, 0.2) is 78.9 Å². The van der Waals surface area contributed by atoms with Crippen LogP contribution in [0.1, 0.15) is 19.4 Å². The summed E-state index contributed by atoms with van der Waals surface area (Å²) in [5.41, 5.74) is 3.15. The Hall–Kier alpha value is -3.75. The van der Waals surface area contributed by atoms with Gasteiger partial charge >= 0.3 is 6.01 Å². The fourth-order valence-corrected chi connectivity index (χ4v) is 3.48. The standard InChI is InChI=1S/C27H29FN4O3/c1-19(2)35-27-30-26(21-10-6-11-22(28)14-21)32(31-27)24-13-7-12-23(15-24)29-16-25(33)18-34-17-20-8-4-3-5-9-20/h3-15,19,25,29,33H,16-18H2,1-2H3. The molecule has 1 unspecified atom stereocenters. The predicted molar refractivity (Wildman–Crippen MR) is 133 cm³/mol. The second kappa shape index (κ2) is 11.6. The van der Waals surface area contributed by atoms with Crippen LogP contribution in [-0.4, -0.2) is 45.2 Å². The van der Waals surface area contributed by atoms with Crippen LogP contribution in [0.2, 0.25) is 0 Å². The zero-order valence-electron chi connectivity index (χ0n) is 19.8. The fourth-order valence-electron chi connectivity index (χ4n) is 3.48. The van der Waals surface area contributed by atoms with E-state index < -0.39 is 6.10 Å². The molecule has 0 bridgehead atoms. The van der Waals surface area contributed by atoms with Gasteiger partial charge < -0.3 is 19.9 Å². The number of aliphatic hydroxyl groups excluding tert-OH is 1. The molecule has 4 aromatic rings. The molecular formula is C27H29FN4O3. The molecule has 4 rings (SSSR count). The van der Waals surface area contributed by atoms with Gasteiger partial charge in [-0.15, -0.1) is 5.10 Å². The normalized spacial score (nSPS) is 12.0. The highest BCUT2D eigenvalue weighted by molar-refractivity contribution is 5.60. The van der Waals surface area contributed by atoms with Gasteiger partial charge in [0.1, 0.15) is 5.82 Å². The second-order valence-electron chi connectivity index (χ2n) is 8.39. The summed E-state index contributed by atoms with van der Waals surface area (Å²) in [5.74, 6) is 0.105. The lowest BCUT2D eigenvalue weighted by Gasteiger charge is -2.14. The molecule has 1 atom stereocenters. The quantitative estimate of drug-likeness (QED) is 0.322. The van der Waals surface area contributed by atoms with Crippen LogP contribution in [0.4, 0.5) is 10.1 Å². The third-order valence-corrected chi connectivity index (χ3v) is 5.07. The molecule has 8 heteroatoms. The van der Waals surface area contributed by atoms with Crippen LogP contribution in [0.5, 0.6) is 6.01 Å². The summed E-state index contributed by atoms with van der Waals surface area (Å²) in [6.07, 6.45) is -0.785. The summed E-state index contributed by atoms with van der Waals surface area (Å²) in [5, 5.41) is 18.0. The van der Waals surface area contributed by atoms with Gasteiger partial charge in [0.2, 0.25) is 0 Å². The van der Waals surface area contributed by atoms with E-state index in [0.717, 1.165) is 16.9 Å². The minimum atomic E-state index is -0.678. The lowest BCUT2D eigenvalue weighted by atomic mass is 10.2. The highest BCUT2D eigenvalue weighted by atomic mass is 19.1. The molecule has 35 heavy (non-hydrogen) atoms. The molecule has 0 fully saturated rings. The molecule has 0 spiro atoms. The minimum Gasteiger partial charge on any atom is -0.460 e. The van der Waals surface area contributed by atoms with Crippen LogP contribution >= 0.6 is 0 Å². The number of benzene rings is 3. The van der Waals surface area contributed by atoms with Crippen molar-refractivity contribution in [2.24, 2.45) is 0 Å². The number of halogens is 1. The van der Waals surface area contributed by atoms with E-state index in [9.17, 15) is 9.50 Å². The van der Waals surface area contributed by atoms with E-state index in [1.165, 1.54) is 12.1 Å². The van der Waals surface area contributed by atoms with Crippen molar-refractivity contribution in [1.29, 1.82) is 0 Å². The number of nitrogens with zero attached hydrogens (tertiary/aromatic N) is 3. The Morgan fingerprint density at radius 3 is 2.57 bits per heavy atom. The van der Waals surface area contributed by atoms with Crippen molar-refractivity contribution in [2.75, 3.05) is 18.5 Å². The number of ether oxygens (including phenoxy) is 2. The lowest BCUT2D eigenvalue weighted by Crippen LogP contribution is -2.24. The van der Waals surface area contributed by atoms with Gasteiger partial charge in [0.15, 0.2) is 5.82 Å². The molecule has 2 N–H and O–H groups in total. The first-order valence-electron chi connectivity index (χ1n) is 11.5. The fraction of sp³-hybridized carbons (Fsp3) is 0.259. The Kier molecular flexibility index (Phi) is 8.07. The van der Waals surface area contributed by atoms with E-state index in [4.69, 9.17) is 9.47 Å². The summed E-state index contributed by atoms with van der Waals surface area (Å²) >= 11 is 0. The molecular weight excluding hydrogens is 447 g/mol. The molecule has 0 amide bonds. The third kappa shape index (κ3) is 6.88. The molecule has 3 aromatic carbocycles. The first kappa shape index (κ1) is 24.4. The maximum Gasteiger partial charge on any atom is 0.336 e. The maximum absolute atomic E-state index is 13.9. The molecule has 0 saturated heterocycles. The smallest absolute Gasteiger partial charge is 0.336 e. The van der Waals surface area contributed by atoms with Crippen molar-refractivity contribution >= 4 is 5.69 Å². The van der Waals surface area contributed by atoms with E-state index in [-0.39, 0.29) is 24.5 Å². The van der Waals surface area contributed by atoms with Crippen LogP contribution in [0.25, 0.3) is 17.1 Å². The Labute approximate surface area is 204 Å². The van der Waals surface area contributed by atoms with Gasteiger partial charge in [0, 0.05) is 17.8 Å². The van der Waals surface area contributed by atoms with Gasteiger partial charge in [-0.2, -0.15) is 4.98 Å². The largest absolute Gasteiger partial charge is 0.460 e. The molecule has 182 valence electrons. The summed E-state index contributed by atoms with van der Waals surface area (Å²) in [7, 11) is 0. The van der Waals surface area contributed by atoms with Gasteiger partial charge in [-0.05, 0) is 49.7 Å². The number of hydrogen-bond donors (Lipinski definition) is 2. The van der Waals surface area contributed by atoms with Crippen molar-refractivity contribution in [3.05, 3.63) is 90.2 Å². The molecule has 0 aliphatic carbocycles. The van der Waals surface area contributed by atoms with Gasteiger partial charge in [-0.25, -0.2) is 9.07 Å². The Morgan fingerprint density at radius 1 is 1.00 bits per heavy atom. The number of rotatable bonds is 11. The topological polar surface area (TPSA) is 81.4 Å². The van der Waals surface area contributed by atoms with Crippen LogP contribution in [-0.2, 0) is 11.3 Å². The van der Waals surface area contributed by atoms with E-state index in [2.05, 4.69) is 15.4 Å². The van der Waals surface area contributed by atoms with Crippen molar-refractivity contribution in [3.8, 4) is 23.1 Å². The molecule has 0 saturated carbocycles. The number of aromatic nitrogens is 3. The van der Waals surface area contributed by atoms with E-state index >= 15 is 0 Å². The highest BCUT2D eigenvalue weighted by Crippen LogP contribution is 2.26.